The molecule has 2 heterocycles. The molecule has 0 aliphatic carbocycles. The van der Waals surface area contributed by atoms with Gasteiger partial charge in [0, 0.05) is 24.5 Å². The van der Waals surface area contributed by atoms with Crippen LogP contribution in [0.1, 0.15) is 27.9 Å². The molecule has 3 rings (SSSR count). The molecule has 0 spiro atoms. The molecule has 3 aromatic rings. The fourth-order valence-electron chi connectivity index (χ4n) is 2.72. The van der Waals surface area contributed by atoms with Gasteiger partial charge in [0.2, 0.25) is 0 Å². The smallest absolute Gasteiger partial charge is 0.349 e. The molecular weight excluding hydrogens is 386 g/mol. The number of thiophene rings is 1. The van der Waals surface area contributed by atoms with E-state index in [0.717, 1.165) is 21.5 Å². The number of carbonyl (C=O) groups excluding carboxylic acids is 2. The van der Waals surface area contributed by atoms with E-state index in [-0.39, 0.29) is 5.91 Å². The predicted octanol–water partition coefficient (Wildman–Crippen LogP) is 3.74. The van der Waals surface area contributed by atoms with Gasteiger partial charge in [-0.2, -0.15) is 5.10 Å². The summed E-state index contributed by atoms with van der Waals surface area (Å²) in [6.07, 6.45) is -0.829. The molecule has 0 N–H and O–H groups in total. The highest BCUT2D eigenvalue weighted by Gasteiger charge is 2.23. The van der Waals surface area contributed by atoms with Gasteiger partial charge < -0.3 is 9.64 Å². The second-order valence-electron chi connectivity index (χ2n) is 6.48. The second-order valence-corrected chi connectivity index (χ2v) is 7.95. The summed E-state index contributed by atoms with van der Waals surface area (Å²) >= 11 is 7.25. The van der Waals surface area contributed by atoms with Gasteiger partial charge in [0.05, 0.1) is 12.2 Å². The molecule has 6 nitrogen and oxygen atoms in total. The van der Waals surface area contributed by atoms with Crippen LogP contribution in [0.4, 0.5) is 0 Å². The molecule has 0 aliphatic rings. The van der Waals surface area contributed by atoms with E-state index in [0.29, 0.717) is 16.4 Å². The number of fused-ring (bicyclic) bond motifs is 1. The van der Waals surface area contributed by atoms with Gasteiger partial charge in [0.15, 0.2) is 6.10 Å². The number of benzene rings is 1. The molecule has 8 heteroatoms. The summed E-state index contributed by atoms with van der Waals surface area (Å²) in [6, 6.07) is 9.34. The van der Waals surface area contributed by atoms with E-state index in [1.165, 1.54) is 16.2 Å². The summed E-state index contributed by atoms with van der Waals surface area (Å²) in [4.78, 5) is 27.1. The minimum atomic E-state index is -0.829. The Labute approximate surface area is 166 Å². The summed E-state index contributed by atoms with van der Waals surface area (Å²) in [6.45, 7) is 4.05. The second kappa shape index (κ2) is 7.70. The maximum atomic E-state index is 12.4. The van der Waals surface area contributed by atoms with Crippen molar-refractivity contribution in [1.82, 2.24) is 14.7 Å². The van der Waals surface area contributed by atoms with Crippen LogP contribution in [0.2, 0.25) is 5.02 Å². The van der Waals surface area contributed by atoms with Gasteiger partial charge >= 0.3 is 5.97 Å². The summed E-state index contributed by atoms with van der Waals surface area (Å²) < 4.78 is 7.17. The Balaban J connectivity index is 1.83. The van der Waals surface area contributed by atoms with E-state index in [4.69, 9.17) is 16.3 Å². The first-order valence-electron chi connectivity index (χ1n) is 8.40. The van der Waals surface area contributed by atoms with E-state index < -0.39 is 12.1 Å². The lowest BCUT2D eigenvalue weighted by Crippen LogP contribution is -2.34. The van der Waals surface area contributed by atoms with Gasteiger partial charge in [0.25, 0.3) is 5.91 Å². The first kappa shape index (κ1) is 19.4. The van der Waals surface area contributed by atoms with Crippen molar-refractivity contribution in [3.63, 3.8) is 0 Å². The van der Waals surface area contributed by atoms with E-state index in [1.54, 1.807) is 27.1 Å². The Morgan fingerprint density at radius 3 is 2.59 bits per heavy atom. The quantitative estimate of drug-likeness (QED) is 0.606. The Morgan fingerprint density at radius 2 is 1.96 bits per heavy atom. The molecule has 1 aromatic carbocycles. The van der Waals surface area contributed by atoms with Crippen molar-refractivity contribution in [2.45, 2.75) is 26.5 Å². The molecule has 0 bridgehead atoms. The number of nitrogens with zero attached hydrogens (tertiary/aromatic N) is 3. The Kier molecular flexibility index (Phi) is 5.53. The molecule has 1 amide bonds. The fourth-order valence-corrected chi connectivity index (χ4v) is 3.89. The van der Waals surface area contributed by atoms with E-state index in [2.05, 4.69) is 5.10 Å². The highest BCUT2D eigenvalue weighted by atomic mass is 35.5. The molecule has 0 unspecified atom stereocenters. The van der Waals surface area contributed by atoms with Crippen LogP contribution in [0.25, 0.3) is 10.2 Å². The van der Waals surface area contributed by atoms with Crippen molar-refractivity contribution in [3.05, 3.63) is 51.5 Å². The number of esters is 1. The van der Waals surface area contributed by atoms with Crippen molar-refractivity contribution < 1.29 is 14.3 Å². The third kappa shape index (κ3) is 4.14. The number of hydrogen-bond acceptors (Lipinski definition) is 5. The first-order valence-corrected chi connectivity index (χ1v) is 9.59. The molecule has 27 heavy (non-hydrogen) atoms. The van der Waals surface area contributed by atoms with Crippen molar-refractivity contribution in [3.8, 4) is 0 Å². The van der Waals surface area contributed by atoms with Crippen LogP contribution in [0.5, 0.6) is 0 Å². The van der Waals surface area contributed by atoms with Crippen LogP contribution in [-0.4, -0.2) is 46.8 Å². The van der Waals surface area contributed by atoms with Crippen molar-refractivity contribution in [2.24, 2.45) is 0 Å². The zero-order chi connectivity index (χ0) is 19.7. The molecule has 0 saturated carbocycles. The average Bonchev–Trinajstić information content (AvgIpc) is 3.18. The lowest BCUT2D eigenvalue weighted by Gasteiger charge is -2.16. The van der Waals surface area contributed by atoms with Gasteiger partial charge in [-0.1, -0.05) is 23.7 Å². The van der Waals surface area contributed by atoms with Crippen LogP contribution < -0.4 is 0 Å². The van der Waals surface area contributed by atoms with Crippen molar-refractivity contribution in [2.75, 3.05) is 14.1 Å². The number of carbonyl (C=O) groups is 2. The van der Waals surface area contributed by atoms with E-state index >= 15 is 0 Å². The van der Waals surface area contributed by atoms with E-state index in [9.17, 15) is 9.59 Å². The Bertz CT molecular complexity index is 992. The molecule has 0 aliphatic heterocycles. The average molecular weight is 406 g/mol. The number of halogens is 1. The van der Waals surface area contributed by atoms with Crippen molar-refractivity contribution >= 4 is 45.0 Å². The molecule has 142 valence electrons. The summed E-state index contributed by atoms with van der Waals surface area (Å²) in [5, 5.41) is 6.15. The van der Waals surface area contributed by atoms with Crippen LogP contribution in [0.15, 0.2) is 30.3 Å². The number of amides is 1. The maximum absolute atomic E-state index is 12.4. The predicted molar refractivity (Wildman–Crippen MR) is 106 cm³/mol. The highest BCUT2D eigenvalue weighted by Crippen LogP contribution is 2.29. The number of aromatic nitrogens is 2. The zero-order valence-electron chi connectivity index (χ0n) is 15.5. The summed E-state index contributed by atoms with van der Waals surface area (Å²) in [5.74, 6) is -0.758. The molecule has 2 aromatic heterocycles. The van der Waals surface area contributed by atoms with Gasteiger partial charge in [0.1, 0.15) is 9.71 Å². The minimum absolute atomic E-state index is 0.255. The summed E-state index contributed by atoms with van der Waals surface area (Å²) in [7, 11) is 3.25. The third-order valence-corrected chi connectivity index (χ3v) is 5.51. The number of hydrogen-bond donors (Lipinski definition) is 0. The van der Waals surface area contributed by atoms with Gasteiger partial charge in [-0.05, 0) is 37.6 Å². The lowest BCUT2D eigenvalue weighted by molar-refractivity contribution is -0.137. The standard InChI is InChI=1S/C19H20ClN3O3S/c1-11-15-9-16(19(25)26-12(2)17(24)22(3)4)27-18(15)23(21-11)10-13-5-7-14(20)8-6-13/h5-9,12H,10H2,1-4H3/t12-/m1/s1. The Morgan fingerprint density at radius 1 is 1.30 bits per heavy atom. The van der Waals surface area contributed by atoms with Gasteiger partial charge in [-0.3, -0.25) is 9.48 Å². The fraction of sp³-hybridized carbons (Fsp3) is 0.316. The SMILES string of the molecule is Cc1nn(Cc2ccc(Cl)cc2)c2sc(C(=O)O[C@H](C)C(=O)N(C)C)cc12. The molecule has 1 atom stereocenters. The number of aryl methyl sites for hydroxylation is 1. The normalized spacial score (nSPS) is 12.2. The lowest BCUT2D eigenvalue weighted by atomic mass is 10.2. The van der Waals surface area contributed by atoms with Crippen LogP contribution >= 0.6 is 22.9 Å². The van der Waals surface area contributed by atoms with E-state index in [1.807, 2.05) is 35.9 Å². The highest BCUT2D eigenvalue weighted by molar-refractivity contribution is 7.20. The zero-order valence-corrected chi connectivity index (χ0v) is 17.1. The number of ether oxygens (including phenoxy) is 1. The Hall–Kier alpha value is -2.38. The van der Waals surface area contributed by atoms with Crippen molar-refractivity contribution in [1.29, 1.82) is 0 Å². The summed E-state index contributed by atoms with van der Waals surface area (Å²) in [5.41, 5.74) is 1.90. The largest absolute Gasteiger partial charge is 0.448 e. The number of rotatable bonds is 5. The van der Waals surface area contributed by atoms with Crippen LogP contribution in [0, 0.1) is 6.92 Å². The first-order chi connectivity index (χ1) is 12.8. The monoisotopic (exact) mass is 405 g/mol. The minimum Gasteiger partial charge on any atom is -0.448 e. The van der Waals surface area contributed by atoms with Gasteiger partial charge in [-0.15, -0.1) is 11.3 Å². The third-order valence-electron chi connectivity index (χ3n) is 4.13. The topological polar surface area (TPSA) is 64.4 Å². The van der Waals surface area contributed by atoms with Gasteiger partial charge in [-0.25, -0.2) is 4.79 Å². The molecular formula is C19H20ClN3O3S. The molecule has 0 saturated heterocycles. The molecule has 0 fully saturated rings. The number of likely N-dealkylation sites (N-methyl/N-ethyl adjacent to an activating group) is 1. The van der Waals surface area contributed by atoms with Crippen LogP contribution in [-0.2, 0) is 16.1 Å². The molecule has 0 radical (unpaired) electrons. The van der Waals surface area contributed by atoms with Crippen LogP contribution in [0.3, 0.4) is 0 Å². The maximum Gasteiger partial charge on any atom is 0.349 e.